The van der Waals surface area contributed by atoms with E-state index in [0.29, 0.717) is 24.4 Å². The zero-order valence-electron chi connectivity index (χ0n) is 15.7. The number of aromatic nitrogens is 3. The van der Waals surface area contributed by atoms with Gasteiger partial charge < -0.3 is 14.7 Å². The molecule has 0 fully saturated rings. The predicted octanol–water partition coefficient (Wildman–Crippen LogP) is 2.22. The van der Waals surface area contributed by atoms with Crippen LogP contribution < -0.4 is 4.74 Å². The lowest BCUT2D eigenvalue weighted by molar-refractivity contribution is 0.0728. The lowest BCUT2D eigenvalue weighted by Crippen LogP contribution is -2.36. The van der Waals surface area contributed by atoms with Gasteiger partial charge in [-0.3, -0.25) is 4.79 Å². The van der Waals surface area contributed by atoms with Crippen molar-refractivity contribution in [3.63, 3.8) is 0 Å². The third-order valence-electron chi connectivity index (χ3n) is 5.03. The Morgan fingerprint density at radius 2 is 1.93 bits per heavy atom. The largest absolute Gasteiger partial charge is 0.496 e. The summed E-state index contributed by atoms with van der Waals surface area (Å²) in [6.45, 7) is 1.42. The maximum absolute atomic E-state index is 12.8. The van der Waals surface area contributed by atoms with Crippen molar-refractivity contribution in [1.82, 2.24) is 19.9 Å². The minimum absolute atomic E-state index is 0.146. The van der Waals surface area contributed by atoms with Crippen molar-refractivity contribution in [1.29, 1.82) is 0 Å². The second kappa shape index (κ2) is 7.82. The number of methoxy groups -OCH3 is 1. The molecule has 1 aliphatic heterocycles. The summed E-state index contributed by atoms with van der Waals surface area (Å²) in [7, 11) is 1.56. The Kier molecular flexibility index (Phi) is 5.08. The van der Waals surface area contributed by atoms with E-state index in [0.717, 1.165) is 6.42 Å². The Bertz CT molecular complexity index is 985. The van der Waals surface area contributed by atoms with Crippen LogP contribution in [-0.2, 0) is 19.5 Å². The first-order chi connectivity index (χ1) is 13.7. The highest BCUT2D eigenvalue weighted by molar-refractivity contribution is 5.92. The van der Waals surface area contributed by atoms with Crippen LogP contribution in [0, 0.1) is 0 Å². The Morgan fingerprint density at radius 3 is 2.75 bits per heavy atom. The fourth-order valence-electron chi connectivity index (χ4n) is 3.53. The number of aliphatic hydroxyl groups excluding tert-OH is 1. The number of carbonyl (C=O) groups excluding carboxylic acids is 1. The van der Waals surface area contributed by atoms with Crippen molar-refractivity contribution in [2.45, 2.75) is 25.6 Å². The van der Waals surface area contributed by atoms with E-state index in [1.54, 1.807) is 30.3 Å². The summed E-state index contributed by atoms with van der Waals surface area (Å²) in [5.74, 6) is 0.464. The van der Waals surface area contributed by atoms with Crippen LogP contribution in [-0.4, -0.2) is 44.6 Å². The highest BCUT2D eigenvalue weighted by Crippen LogP contribution is 2.25. The van der Waals surface area contributed by atoms with E-state index in [1.165, 1.54) is 15.8 Å². The molecule has 1 atom stereocenters. The molecule has 28 heavy (non-hydrogen) atoms. The smallest absolute Gasteiger partial charge is 0.276 e. The zero-order valence-corrected chi connectivity index (χ0v) is 15.7. The molecule has 1 aliphatic rings. The number of ether oxygens (including phenoxy) is 1. The molecule has 7 nitrogen and oxygen atoms in total. The van der Waals surface area contributed by atoms with Crippen molar-refractivity contribution < 1.29 is 14.6 Å². The van der Waals surface area contributed by atoms with E-state index in [2.05, 4.69) is 22.4 Å². The van der Waals surface area contributed by atoms with Crippen molar-refractivity contribution >= 4 is 5.91 Å². The monoisotopic (exact) mass is 378 g/mol. The van der Waals surface area contributed by atoms with E-state index >= 15 is 0 Å². The molecule has 144 valence electrons. The van der Waals surface area contributed by atoms with Crippen LogP contribution >= 0.6 is 0 Å². The molecular formula is C21H22N4O3. The number of para-hydroxylation sites is 1. The van der Waals surface area contributed by atoms with Crippen molar-refractivity contribution in [2.75, 3.05) is 13.7 Å². The summed E-state index contributed by atoms with van der Waals surface area (Å²) < 4.78 is 6.78. The molecule has 1 amide bonds. The van der Waals surface area contributed by atoms with Crippen molar-refractivity contribution in [3.05, 3.63) is 77.1 Å². The molecule has 0 radical (unpaired) electrons. The maximum Gasteiger partial charge on any atom is 0.276 e. The Balaban J connectivity index is 1.45. The van der Waals surface area contributed by atoms with Gasteiger partial charge in [-0.1, -0.05) is 47.7 Å². The molecule has 7 heteroatoms. The molecule has 2 heterocycles. The average Bonchev–Trinajstić information content (AvgIpc) is 3.21. The molecule has 3 aromatic rings. The molecule has 0 saturated carbocycles. The number of hydrogen-bond donors (Lipinski definition) is 1. The zero-order chi connectivity index (χ0) is 19.5. The maximum atomic E-state index is 12.8. The molecule has 4 rings (SSSR count). The molecule has 0 aliphatic carbocycles. The molecule has 0 spiro atoms. The number of amides is 1. The van der Waals surface area contributed by atoms with Crippen LogP contribution in [0.2, 0.25) is 0 Å². The van der Waals surface area contributed by atoms with Gasteiger partial charge in [0.15, 0.2) is 5.69 Å². The SMILES string of the molecule is COc1ccccc1C(O)Cn1cc(C(=O)N2CCc3ccccc3C2)nn1. The van der Waals surface area contributed by atoms with Gasteiger partial charge in [0.1, 0.15) is 11.9 Å². The normalized spacial score (nSPS) is 14.4. The first-order valence-electron chi connectivity index (χ1n) is 9.23. The van der Waals surface area contributed by atoms with Gasteiger partial charge in [0.05, 0.1) is 19.9 Å². The number of hydrogen-bond acceptors (Lipinski definition) is 5. The number of rotatable bonds is 5. The lowest BCUT2D eigenvalue weighted by Gasteiger charge is -2.28. The van der Waals surface area contributed by atoms with Crippen molar-refractivity contribution in [2.24, 2.45) is 0 Å². The Morgan fingerprint density at radius 1 is 1.18 bits per heavy atom. The standard InChI is InChI=1S/C21H22N4O3/c1-28-20-9-5-4-8-17(20)19(26)14-25-13-18(22-23-25)21(27)24-11-10-15-6-2-3-7-16(15)12-24/h2-9,13,19,26H,10-12,14H2,1H3. The van der Waals surface area contributed by atoms with Crippen LogP contribution in [0.4, 0.5) is 0 Å². The molecule has 1 aromatic heterocycles. The highest BCUT2D eigenvalue weighted by Gasteiger charge is 2.24. The van der Waals surface area contributed by atoms with Gasteiger partial charge in [-0.2, -0.15) is 0 Å². The Labute approximate surface area is 163 Å². The van der Waals surface area contributed by atoms with Crippen LogP contribution in [0.3, 0.4) is 0 Å². The van der Waals surface area contributed by atoms with E-state index in [4.69, 9.17) is 4.74 Å². The molecule has 1 N–H and O–H groups in total. The molecule has 2 aromatic carbocycles. The number of nitrogens with zero attached hydrogens (tertiary/aromatic N) is 4. The molecule has 1 unspecified atom stereocenters. The van der Waals surface area contributed by atoms with Crippen molar-refractivity contribution in [3.8, 4) is 5.75 Å². The summed E-state index contributed by atoms with van der Waals surface area (Å²) in [4.78, 5) is 14.6. The summed E-state index contributed by atoms with van der Waals surface area (Å²) >= 11 is 0. The predicted molar refractivity (Wildman–Crippen MR) is 103 cm³/mol. The molecular weight excluding hydrogens is 356 g/mol. The van der Waals surface area contributed by atoms with Gasteiger partial charge in [0, 0.05) is 18.7 Å². The minimum atomic E-state index is -0.817. The Hall–Kier alpha value is -3.19. The number of carbonyl (C=O) groups is 1. The lowest BCUT2D eigenvalue weighted by atomic mass is 10.00. The summed E-state index contributed by atoms with van der Waals surface area (Å²) in [5.41, 5.74) is 3.41. The summed E-state index contributed by atoms with van der Waals surface area (Å²) in [6.07, 6.45) is 1.60. The van der Waals surface area contributed by atoms with Gasteiger partial charge in [-0.25, -0.2) is 4.68 Å². The number of aliphatic hydroxyl groups is 1. The third kappa shape index (κ3) is 3.61. The van der Waals surface area contributed by atoms with Gasteiger partial charge >= 0.3 is 0 Å². The van der Waals surface area contributed by atoms with Crippen LogP contribution in [0.15, 0.2) is 54.7 Å². The van der Waals surface area contributed by atoms with E-state index in [9.17, 15) is 9.90 Å². The number of fused-ring (bicyclic) bond motifs is 1. The average molecular weight is 378 g/mol. The fraction of sp³-hybridized carbons (Fsp3) is 0.286. The topological polar surface area (TPSA) is 80.5 Å². The third-order valence-corrected chi connectivity index (χ3v) is 5.03. The highest BCUT2D eigenvalue weighted by atomic mass is 16.5. The van der Waals surface area contributed by atoms with E-state index < -0.39 is 6.10 Å². The summed E-state index contributed by atoms with van der Waals surface area (Å²) in [6, 6.07) is 15.4. The fourth-order valence-corrected chi connectivity index (χ4v) is 3.53. The molecule has 0 bridgehead atoms. The van der Waals surface area contributed by atoms with E-state index in [1.807, 2.05) is 24.3 Å². The van der Waals surface area contributed by atoms with Crippen LogP contribution in [0.1, 0.15) is 33.3 Å². The van der Waals surface area contributed by atoms with Gasteiger partial charge in [0.25, 0.3) is 5.91 Å². The second-order valence-electron chi connectivity index (χ2n) is 6.83. The minimum Gasteiger partial charge on any atom is -0.496 e. The number of benzene rings is 2. The first kappa shape index (κ1) is 18.2. The van der Waals surface area contributed by atoms with E-state index in [-0.39, 0.29) is 18.1 Å². The van der Waals surface area contributed by atoms with Gasteiger partial charge in [0.2, 0.25) is 0 Å². The molecule has 0 saturated heterocycles. The van der Waals surface area contributed by atoms with Gasteiger partial charge in [-0.05, 0) is 23.6 Å². The van der Waals surface area contributed by atoms with Gasteiger partial charge in [-0.15, -0.1) is 5.10 Å². The quantitative estimate of drug-likeness (QED) is 0.736. The van der Waals surface area contributed by atoms with Crippen LogP contribution in [0.5, 0.6) is 5.75 Å². The summed E-state index contributed by atoms with van der Waals surface area (Å²) in [5, 5.41) is 18.6. The van der Waals surface area contributed by atoms with Crippen LogP contribution in [0.25, 0.3) is 0 Å². The second-order valence-corrected chi connectivity index (χ2v) is 6.83. The first-order valence-corrected chi connectivity index (χ1v) is 9.23.